The predicted octanol–water partition coefficient (Wildman–Crippen LogP) is -0.169. The molecule has 1 aromatic carbocycles. The summed E-state index contributed by atoms with van der Waals surface area (Å²) in [4.78, 5) is 40.8. The minimum absolute atomic E-state index is 0.109. The highest BCUT2D eigenvalue weighted by atomic mass is 16.2. The first-order chi connectivity index (χ1) is 14.0. The number of amides is 3. The Labute approximate surface area is 171 Å². The number of hydrogen-bond acceptors (Lipinski definition) is 6. The van der Waals surface area contributed by atoms with E-state index in [0.717, 1.165) is 43.9 Å². The Balaban J connectivity index is 1.39. The highest BCUT2D eigenvalue weighted by molar-refractivity contribution is 6.05. The number of benzene rings is 1. The number of carbonyl (C=O) groups excluding carboxylic acids is 3. The second-order valence-electron chi connectivity index (χ2n) is 8.12. The molecule has 0 aliphatic carbocycles. The van der Waals surface area contributed by atoms with E-state index in [9.17, 15) is 14.4 Å². The normalized spacial score (nSPS) is 23.8. The van der Waals surface area contributed by atoms with Crippen LogP contribution in [0.2, 0.25) is 0 Å². The van der Waals surface area contributed by atoms with Crippen molar-refractivity contribution >= 4 is 17.7 Å². The van der Waals surface area contributed by atoms with Crippen LogP contribution < -0.4 is 16.0 Å². The van der Waals surface area contributed by atoms with Gasteiger partial charge in [-0.05, 0) is 24.5 Å². The number of piperidine rings is 1. The molecule has 156 valence electrons. The molecule has 3 aliphatic rings. The van der Waals surface area contributed by atoms with E-state index in [0.29, 0.717) is 31.1 Å². The lowest BCUT2D eigenvalue weighted by atomic mass is 10.0. The summed E-state index contributed by atoms with van der Waals surface area (Å²) in [6.45, 7) is 8.30. The van der Waals surface area contributed by atoms with E-state index in [2.05, 4.69) is 27.8 Å². The number of nitrogens with zero attached hydrogens (tertiary/aromatic N) is 2. The number of piperazine rings is 1. The molecular weight excluding hydrogens is 370 g/mol. The highest BCUT2D eigenvalue weighted by Crippen LogP contribution is 2.29. The predicted molar refractivity (Wildman–Crippen MR) is 108 cm³/mol. The molecule has 0 aromatic heterocycles. The van der Waals surface area contributed by atoms with E-state index in [-0.39, 0.29) is 24.1 Å². The molecule has 3 N–H and O–H groups in total. The van der Waals surface area contributed by atoms with E-state index >= 15 is 0 Å². The Bertz CT molecular complexity index is 806. The summed E-state index contributed by atoms with van der Waals surface area (Å²) >= 11 is 0. The fourth-order valence-corrected chi connectivity index (χ4v) is 4.50. The van der Waals surface area contributed by atoms with Crippen molar-refractivity contribution in [2.75, 3.05) is 32.7 Å². The largest absolute Gasteiger partial charge is 0.322 e. The van der Waals surface area contributed by atoms with Gasteiger partial charge in [-0.2, -0.15) is 0 Å². The van der Waals surface area contributed by atoms with E-state index in [1.54, 1.807) is 4.90 Å². The fraction of sp³-hybridized carbons (Fsp3) is 0.571. The van der Waals surface area contributed by atoms with Crippen LogP contribution in [0.4, 0.5) is 0 Å². The molecular formula is C21H29N5O3. The summed E-state index contributed by atoms with van der Waals surface area (Å²) < 4.78 is 0. The molecule has 3 amide bonds. The average Bonchev–Trinajstić information content (AvgIpc) is 3.06. The monoisotopic (exact) mass is 399 g/mol. The molecule has 8 heteroatoms. The van der Waals surface area contributed by atoms with Gasteiger partial charge in [0.05, 0.1) is 0 Å². The standard InChI is InChI=1S/C21H29N5O3/c1-14(25-9-7-22-8-10-25)11-23-12-15-3-2-4-16-13-26(21(29)19(15)16)17-5-6-18(27)24-20(17)28/h2-4,14,17,22-23H,5-13H2,1H3,(H,24,27,28). The molecule has 3 heterocycles. The molecule has 0 bridgehead atoms. The zero-order valence-corrected chi connectivity index (χ0v) is 16.9. The first kappa shape index (κ1) is 20.0. The molecule has 0 saturated carbocycles. The van der Waals surface area contributed by atoms with E-state index < -0.39 is 6.04 Å². The van der Waals surface area contributed by atoms with Crippen molar-refractivity contribution in [3.05, 3.63) is 34.9 Å². The van der Waals surface area contributed by atoms with Gasteiger partial charge in [-0.1, -0.05) is 18.2 Å². The van der Waals surface area contributed by atoms with Gasteiger partial charge in [0.15, 0.2) is 0 Å². The van der Waals surface area contributed by atoms with Crippen molar-refractivity contribution in [1.29, 1.82) is 0 Å². The van der Waals surface area contributed by atoms with Gasteiger partial charge in [-0.25, -0.2) is 0 Å². The number of rotatable bonds is 6. The van der Waals surface area contributed by atoms with Gasteiger partial charge in [0, 0.05) is 63.8 Å². The SMILES string of the molecule is CC(CNCc1cccc2c1C(=O)N(C1CCC(=O)NC1=O)C2)N1CCNCC1. The molecule has 29 heavy (non-hydrogen) atoms. The minimum Gasteiger partial charge on any atom is -0.322 e. The Hall–Kier alpha value is -2.29. The van der Waals surface area contributed by atoms with Crippen molar-refractivity contribution in [1.82, 2.24) is 25.8 Å². The van der Waals surface area contributed by atoms with Crippen LogP contribution in [0.1, 0.15) is 41.3 Å². The van der Waals surface area contributed by atoms with Gasteiger partial charge in [0.1, 0.15) is 6.04 Å². The zero-order chi connectivity index (χ0) is 20.4. The van der Waals surface area contributed by atoms with Crippen LogP contribution in [0, 0.1) is 0 Å². The van der Waals surface area contributed by atoms with Crippen LogP contribution in [0.3, 0.4) is 0 Å². The van der Waals surface area contributed by atoms with E-state index in [1.807, 2.05) is 18.2 Å². The molecule has 8 nitrogen and oxygen atoms in total. The van der Waals surface area contributed by atoms with Crippen LogP contribution in [0.5, 0.6) is 0 Å². The van der Waals surface area contributed by atoms with Gasteiger partial charge >= 0.3 is 0 Å². The third-order valence-electron chi connectivity index (χ3n) is 6.17. The van der Waals surface area contributed by atoms with Crippen molar-refractivity contribution < 1.29 is 14.4 Å². The Morgan fingerprint density at radius 1 is 1.21 bits per heavy atom. The molecule has 3 aliphatic heterocycles. The topological polar surface area (TPSA) is 93.8 Å². The molecule has 0 spiro atoms. The van der Waals surface area contributed by atoms with Crippen molar-refractivity contribution in [2.24, 2.45) is 0 Å². The Morgan fingerprint density at radius 2 is 2.00 bits per heavy atom. The molecule has 1 aromatic rings. The van der Waals surface area contributed by atoms with Crippen LogP contribution >= 0.6 is 0 Å². The zero-order valence-electron chi connectivity index (χ0n) is 16.9. The average molecular weight is 399 g/mol. The summed E-state index contributed by atoms with van der Waals surface area (Å²) in [6, 6.07) is 5.77. The molecule has 4 rings (SSSR count). The molecule has 0 radical (unpaired) electrons. The smallest absolute Gasteiger partial charge is 0.255 e. The van der Waals surface area contributed by atoms with Gasteiger partial charge < -0.3 is 15.5 Å². The number of hydrogen-bond donors (Lipinski definition) is 3. The number of nitrogens with one attached hydrogen (secondary N) is 3. The summed E-state index contributed by atoms with van der Waals surface area (Å²) in [5.41, 5.74) is 2.63. The molecule has 2 atom stereocenters. The number of carbonyl (C=O) groups is 3. The maximum absolute atomic E-state index is 13.1. The van der Waals surface area contributed by atoms with Crippen molar-refractivity contribution in [2.45, 2.75) is 44.9 Å². The summed E-state index contributed by atoms with van der Waals surface area (Å²) in [7, 11) is 0. The third-order valence-corrected chi connectivity index (χ3v) is 6.17. The summed E-state index contributed by atoms with van der Waals surface area (Å²) in [6.07, 6.45) is 0.662. The second kappa shape index (κ2) is 8.61. The highest BCUT2D eigenvalue weighted by Gasteiger charge is 2.39. The maximum atomic E-state index is 13.1. The van der Waals surface area contributed by atoms with E-state index in [4.69, 9.17) is 0 Å². The lowest BCUT2D eigenvalue weighted by molar-refractivity contribution is -0.136. The van der Waals surface area contributed by atoms with Crippen LogP contribution in [-0.4, -0.2) is 72.3 Å². The number of fused-ring (bicyclic) bond motifs is 1. The van der Waals surface area contributed by atoms with Gasteiger partial charge in [0.25, 0.3) is 5.91 Å². The van der Waals surface area contributed by atoms with E-state index in [1.165, 1.54) is 0 Å². The molecule has 2 fully saturated rings. The fourth-order valence-electron chi connectivity index (χ4n) is 4.50. The number of imide groups is 1. The summed E-state index contributed by atoms with van der Waals surface area (Å²) in [5.74, 6) is -0.743. The van der Waals surface area contributed by atoms with Crippen molar-refractivity contribution in [3.8, 4) is 0 Å². The van der Waals surface area contributed by atoms with Gasteiger partial charge in [-0.3, -0.25) is 24.6 Å². The summed E-state index contributed by atoms with van der Waals surface area (Å²) in [5, 5.41) is 9.22. The molecule has 2 unspecified atom stereocenters. The Kier molecular flexibility index (Phi) is 5.94. The third kappa shape index (κ3) is 4.19. The first-order valence-electron chi connectivity index (χ1n) is 10.5. The van der Waals surface area contributed by atoms with Crippen molar-refractivity contribution in [3.63, 3.8) is 0 Å². The van der Waals surface area contributed by atoms with Crippen LogP contribution in [0.15, 0.2) is 18.2 Å². The second-order valence-corrected chi connectivity index (χ2v) is 8.12. The lowest BCUT2D eigenvalue weighted by Crippen LogP contribution is -2.52. The Morgan fingerprint density at radius 3 is 2.76 bits per heavy atom. The van der Waals surface area contributed by atoms with Gasteiger partial charge in [-0.15, -0.1) is 0 Å². The van der Waals surface area contributed by atoms with Crippen LogP contribution in [-0.2, 0) is 22.7 Å². The maximum Gasteiger partial charge on any atom is 0.255 e. The van der Waals surface area contributed by atoms with Crippen LogP contribution in [0.25, 0.3) is 0 Å². The lowest BCUT2D eigenvalue weighted by Gasteiger charge is -2.33. The first-order valence-corrected chi connectivity index (χ1v) is 10.5. The minimum atomic E-state index is -0.568. The van der Waals surface area contributed by atoms with Gasteiger partial charge in [0.2, 0.25) is 11.8 Å². The molecule has 2 saturated heterocycles. The quantitative estimate of drug-likeness (QED) is 0.575.